The van der Waals surface area contributed by atoms with Crippen LogP contribution >= 0.6 is 0 Å². The third-order valence-corrected chi connectivity index (χ3v) is 5.23. The van der Waals surface area contributed by atoms with E-state index in [1.165, 1.54) is 45.3 Å². The van der Waals surface area contributed by atoms with Crippen molar-refractivity contribution < 1.29 is 4.74 Å². The van der Waals surface area contributed by atoms with Crippen LogP contribution in [-0.2, 0) is 4.74 Å². The van der Waals surface area contributed by atoms with E-state index in [0.29, 0.717) is 0 Å². The Hall–Kier alpha value is -1.20. The van der Waals surface area contributed by atoms with E-state index in [4.69, 9.17) is 4.74 Å². The fourth-order valence-corrected chi connectivity index (χ4v) is 4.00. The van der Waals surface area contributed by atoms with Crippen LogP contribution in [0.15, 0.2) is 18.5 Å². The second kappa shape index (κ2) is 6.13. The lowest BCUT2D eigenvalue weighted by atomic mass is 9.80. The predicted octanol–water partition coefficient (Wildman–Crippen LogP) is 1.81. The molecular weight excluding hydrogens is 276 g/mol. The minimum absolute atomic E-state index is 0.253. The predicted molar refractivity (Wildman–Crippen MR) is 85.9 cm³/mol. The Morgan fingerprint density at radius 2 is 2.05 bits per heavy atom. The highest BCUT2D eigenvalue weighted by atomic mass is 16.5. The molecule has 1 saturated carbocycles. The molecule has 0 N–H and O–H groups in total. The summed E-state index contributed by atoms with van der Waals surface area (Å²) in [6.45, 7) is 7.32. The average molecular weight is 302 g/mol. The zero-order chi connectivity index (χ0) is 14.8. The van der Waals surface area contributed by atoms with Gasteiger partial charge in [-0.05, 0) is 44.2 Å². The molecule has 1 atom stereocenters. The number of ether oxygens (including phenoxy) is 1. The van der Waals surface area contributed by atoms with Crippen molar-refractivity contribution in [3.63, 3.8) is 0 Å². The molecule has 1 aromatic rings. The maximum Gasteiger partial charge on any atom is 0.225 e. The van der Waals surface area contributed by atoms with Crippen LogP contribution in [0.2, 0.25) is 0 Å². The molecule has 3 fully saturated rings. The van der Waals surface area contributed by atoms with E-state index in [0.717, 1.165) is 38.2 Å². The molecule has 3 heterocycles. The molecular formula is C17H26N4O. The van der Waals surface area contributed by atoms with Gasteiger partial charge in [0.1, 0.15) is 0 Å². The lowest BCUT2D eigenvalue weighted by Gasteiger charge is -2.43. The second-order valence-electron chi connectivity index (χ2n) is 7.30. The summed E-state index contributed by atoms with van der Waals surface area (Å²) in [4.78, 5) is 13.9. The summed E-state index contributed by atoms with van der Waals surface area (Å²) in [6, 6.07) is 1.88. The molecule has 2 aliphatic heterocycles. The number of anilines is 1. The van der Waals surface area contributed by atoms with Gasteiger partial charge in [0.25, 0.3) is 0 Å². The lowest BCUT2D eigenvalue weighted by molar-refractivity contribution is 0.0119. The minimum atomic E-state index is 0.253. The Morgan fingerprint density at radius 1 is 1.18 bits per heavy atom. The smallest absolute Gasteiger partial charge is 0.225 e. The van der Waals surface area contributed by atoms with E-state index in [9.17, 15) is 0 Å². The SMILES string of the molecule is c1cnc(N2CCOCC3(CCCN(CC4CC4)C3)C2)nc1. The van der Waals surface area contributed by atoms with E-state index in [1.807, 2.05) is 18.5 Å². The highest BCUT2D eigenvalue weighted by Crippen LogP contribution is 2.36. The number of likely N-dealkylation sites (tertiary alicyclic amines) is 1. The molecule has 1 unspecified atom stereocenters. The summed E-state index contributed by atoms with van der Waals surface area (Å²) in [5, 5.41) is 0. The summed E-state index contributed by atoms with van der Waals surface area (Å²) in [6.07, 6.45) is 9.09. The van der Waals surface area contributed by atoms with Crippen molar-refractivity contribution in [1.82, 2.24) is 14.9 Å². The molecule has 4 rings (SSSR count). The number of rotatable bonds is 3. The van der Waals surface area contributed by atoms with Gasteiger partial charge in [-0.25, -0.2) is 9.97 Å². The summed E-state index contributed by atoms with van der Waals surface area (Å²) in [7, 11) is 0. The number of hydrogen-bond acceptors (Lipinski definition) is 5. The molecule has 1 aliphatic carbocycles. The standard InChI is InChI=1S/C17H26N4O/c1-5-17(12-20(8-1)11-15-3-4-15)13-21(9-10-22-14-17)16-18-6-2-7-19-16/h2,6-7,15H,1,3-5,8-14H2. The largest absolute Gasteiger partial charge is 0.379 e. The van der Waals surface area contributed by atoms with Crippen LogP contribution in [-0.4, -0.2) is 60.8 Å². The first kappa shape index (κ1) is 14.4. The zero-order valence-electron chi connectivity index (χ0n) is 13.3. The van der Waals surface area contributed by atoms with Gasteiger partial charge in [0.2, 0.25) is 5.95 Å². The monoisotopic (exact) mass is 302 g/mol. The normalized spacial score (nSPS) is 30.5. The average Bonchev–Trinajstić information content (AvgIpc) is 3.37. The van der Waals surface area contributed by atoms with E-state index >= 15 is 0 Å². The van der Waals surface area contributed by atoms with E-state index in [2.05, 4.69) is 19.8 Å². The van der Waals surface area contributed by atoms with Crippen LogP contribution in [0.5, 0.6) is 0 Å². The molecule has 120 valence electrons. The van der Waals surface area contributed by atoms with Crippen molar-refractivity contribution >= 4 is 5.95 Å². The highest BCUT2D eigenvalue weighted by molar-refractivity contribution is 5.29. The third kappa shape index (κ3) is 3.25. The van der Waals surface area contributed by atoms with Gasteiger partial charge in [0.05, 0.1) is 13.2 Å². The fraction of sp³-hybridized carbons (Fsp3) is 0.765. The summed E-state index contributed by atoms with van der Waals surface area (Å²) in [5.41, 5.74) is 0.253. The number of piperidine rings is 1. The van der Waals surface area contributed by atoms with Crippen molar-refractivity contribution in [3.8, 4) is 0 Å². The van der Waals surface area contributed by atoms with Crippen LogP contribution in [0.4, 0.5) is 5.95 Å². The first-order valence-corrected chi connectivity index (χ1v) is 8.65. The number of nitrogens with zero attached hydrogens (tertiary/aromatic N) is 4. The molecule has 5 nitrogen and oxygen atoms in total. The molecule has 1 aromatic heterocycles. The number of aromatic nitrogens is 2. The van der Waals surface area contributed by atoms with Gasteiger partial charge in [0, 0.05) is 44.0 Å². The molecule has 3 aliphatic rings. The van der Waals surface area contributed by atoms with E-state index < -0.39 is 0 Å². The summed E-state index contributed by atoms with van der Waals surface area (Å²) >= 11 is 0. The van der Waals surface area contributed by atoms with Gasteiger partial charge >= 0.3 is 0 Å². The van der Waals surface area contributed by atoms with Crippen LogP contribution in [0.3, 0.4) is 0 Å². The Kier molecular flexibility index (Phi) is 4.01. The third-order valence-electron chi connectivity index (χ3n) is 5.23. The highest BCUT2D eigenvalue weighted by Gasteiger charge is 2.40. The van der Waals surface area contributed by atoms with Gasteiger partial charge < -0.3 is 14.5 Å². The van der Waals surface area contributed by atoms with Crippen molar-refractivity contribution in [2.45, 2.75) is 25.7 Å². The van der Waals surface area contributed by atoms with Crippen LogP contribution < -0.4 is 4.90 Å². The van der Waals surface area contributed by atoms with Crippen molar-refractivity contribution in [2.24, 2.45) is 11.3 Å². The summed E-state index contributed by atoms with van der Waals surface area (Å²) in [5.74, 6) is 1.82. The molecule has 5 heteroatoms. The first-order valence-electron chi connectivity index (χ1n) is 8.65. The molecule has 2 saturated heterocycles. The number of hydrogen-bond donors (Lipinski definition) is 0. The van der Waals surface area contributed by atoms with Crippen LogP contribution in [0.25, 0.3) is 0 Å². The maximum atomic E-state index is 5.98. The molecule has 0 radical (unpaired) electrons. The fourth-order valence-electron chi connectivity index (χ4n) is 4.00. The van der Waals surface area contributed by atoms with Crippen LogP contribution in [0, 0.1) is 11.3 Å². The molecule has 0 aromatic carbocycles. The van der Waals surface area contributed by atoms with Gasteiger partial charge in [0.15, 0.2) is 0 Å². The Labute approximate surface area is 132 Å². The second-order valence-corrected chi connectivity index (χ2v) is 7.30. The topological polar surface area (TPSA) is 41.5 Å². The zero-order valence-corrected chi connectivity index (χ0v) is 13.3. The van der Waals surface area contributed by atoms with E-state index in [1.54, 1.807) is 0 Å². The van der Waals surface area contributed by atoms with Crippen molar-refractivity contribution in [3.05, 3.63) is 18.5 Å². The van der Waals surface area contributed by atoms with Gasteiger partial charge in [-0.2, -0.15) is 0 Å². The lowest BCUT2D eigenvalue weighted by Crippen LogP contribution is -2.51. The van der Waals surface area contributed by atoms with Gasteiger partial charge in [-0.15, -0.1) is 0 Å². The van der Waals surface area contributed by atoms with Gasteiger partial charge in [-0.3, -0.25) is 0 Å². The molecule has 0 amide bonds. The molecule has 22 heavy (non-hydrogen) atoms. The van der Waals surface area contributed by atoms with Crippen LogP contribution in [0.1, 0.15) is 25.7 Å². The van der Waals surface area contributed by atoms with Crippen molar-refractivity contribution in [2.75, 3.05) is 50.8 Å². The Morgan fingerprint density at radius 3 is 2.86 bits per heavy atom. The maximum absolute atomic E-state index is 5.98. The molecule has 1 spiro atoms. The van der Waals surface area contributed by atoms with Crippen molar-refractivity contribution in [1.29, 1.82) is 0 Å². The Balaban J connectivity index is 1.49. The summed E-state index contributed by atoms with van der Waals surface area (Å²) < 4.78 is 5.98. The van der Waals surface area contributed by atoms with E-state index in [-0.39, 0.29) is 5.41 Å². The quantitative estimate of drug-likeness (QED) is 0.852. The van der Waals surface area contributed by atoms with Gasteiger partial charge in [-0.1, -0.05) is 0 Å². The first-order chi connectivity index (χ1) is 10.8. The Bertz CT molecular complexity index is 493. The minimum Gasteiger partial charge on any atom is -0.379 e. The molecule has 0 bridgehead atoms.